The van der Waals surface area contributed by atoms with E-state index in [1.165, 1.54) is 17.7 Å². The first-order valence-electron chi connectivity index (χ1n) is 10.6. The van der Waals surface area contributed by atoms with Crippen LogP contribution in [0.1, 0.15) is 52.9 Å². The van der Waals surface area contributed by atoms with Crippen LogP contribution in [0.2, 0.25) is 5.02 Å². The highest BCUT2D eigenvalue weighted by Gasteiger charge is 2.36. The lowest BCUT2D eigenvalue weighted by Gasteiger charge is -2.35. The van der Waals surface area contributed by atoms with E-state index in [4.69, 9.17) is 16.8 Å². The summed E-state index contributed by atoms with van der Waals surface area (Å²) in [6, 6.07) is 5.29. The van der Waals surface area contributed by atoms with Crippen molar-refractivity contribution in [2.24, 2.45) is 11.3 Å². The second kappa shape index (κ2) is 11.3. The molecule has 0 saturated heterocycles. The minimum absolute atomic E-state index is 0.272. The Balaban J connectivity index is 2.12. The van der Waals surface area contributed by atoms with Gasteiger partial charge in [0, 0.05) is 17.3 Å². The second-order valence-electron chi connectivity index (χ2n) is 9.14. The highest BCUT2D eigenvalue weighted by atomic mass is 35.5. The molecule has 0 aromatic heterocycles. The summed E-state index contributed by atoms with van der Waals surface area (Å²) >= 11 is 5.96. The van der Waals surface area contributed by atoms with Crippen LogP contribution in [0.4, 0.5) is 10.5 Å². The Labute approximate surface area is 188 Å². The lowest BCUT2D eigenvalue weighted by molar-refractivity contribution is -0.142. The van der Waals surface area contributed by atoms with Crippen molar-refractivity contribution in [1.82, 2.24) is 15.7 Å². The molecule has 0 spiro atoms. The van der Waals surface area contributed by atoms with E-state index in [-0.39, 0.29) is 12.5 Å². The molecule has 0 heterocycles. The van der Waals surface area contributed by atoms with Crippen molar-refractivity contribution in [2.75, 3.05) is 18.4 Å². The summed E-state index contributed by atoms with van der Waals surface area (Å²) in [5.41, 5.74) is 1.49. The van der Waals surface area contributed by atoms with Gasteiger partial charge in [-0.3, -0.25) is 14.8 Å². The minimum atomic E-state index is -0.873. The van der Waals surface area contributed by atoms with Gasteiger partial charge in [-0.2, -0.15) is 0 Å². The molecule has 172 valence electrons. The van der Waals surface area contributed by atoms with Crippen molar-refractivity contribution in [3.63, 3.8) is 0 Å². The first-order chi connectivity index (χ1) is 14.6. The molecular weight excluding hydrogens is 420 g/mol. The largest absolute Gasteiger partial charge is 0.331 e. The molecule has 1 unspecified atom stereocenters. The maximum Gasteiger partial charge on any atom is 0.319 e. The van der Waals surface area contributed by atoms with Crippen LogP contribution in [0.5, 0.6) is 0 Å². The van der Waals surface area contributed by atoms with E-state index < -0.39 is 23.4 Å². The number of hydroxylamine groups is 1. The van der Waals surface area contributed by atoms with E-state index in [2.05, 4.69) is 10.6 Å². The fraction of sp³-hybridized carbons (Fsp3) is 0.591. The predicted molar refractivity (Wildman–Crippen MR) is 120 cm³/mol. The summed E-state index contributed by atoms with van der Waals surface area (Å²) in [4.78, 5) is 39.2. The predicted octanol–water partition coefficient (Wildman–Crippen LogP) is 3.79. The summed E-state index contributed by atoms with van der Waals surface area (Å²) in [5.74, 6) is -0.509. The summed E-state index contributed by atoms with van der Waals surface area (Å²) in [5, 5.41) is 14.9. The molecule has 1 fully saturated rings. The van der Waals surface area contributed by atoms with Crippen LogP contribution >= 0.6 is 11.6 Å². The van der Waals surface area contributed by atoms with E-state index in [1.54, 1.807) is 29.7 Å². The molecule has 1 aliphatic carbocycles. The Morgan fingerprint density at radius 3 is 2.48 bits per heavy atom. The molecule has 1 aliphatic rings. The zero-order chi connectivity index (χ0) is 23.0. The zero-order valence-electron chi connectivity index (χ0n) is 18.4. The number of halogens is 1. The molecule has 31 heavy (non-hydrogen) atoms. The van der Waals surface area contributed by atoms with Crippen molar-refractivity contribution in [3.05, 3.63) is 29.3 Å². The lowest BCUT2D eigenvalue weighted by Crippen LogP contribution is -2.57. The van der Waals surface area contributed by atoms with Crippen LogP contribution in [-0.4, -0.2) is 47.1 Å². The molecule has 8 nitrogen and oxygen atoms in total. The van der Waals surface area contributed by atoms with Crippen molar-refractivity contribution in [1.29, 1.82) is 0 Å². The van der Waals surface area contributed by atoms with Crippen LogP contribution in [0.25, 0.3) is 0 Å². The van der Waals surface area contributed by atoms with Crippen molar-refractivity contribution < 1.29 is 19.6 Å². The molecule has 1 aromatic carbocycles. The third kappa shape index (κ3) is 8.03. The normalized spacial score (nSPS) is 15.3. The first-order valence-corrected chi connectivity index (χ1v) is 11.0. The van der Waals surface area contributed by atoms with Gasteiger partial charge in [0.25, 0.3) is 5.91 Å². The number of nitrogens with one attached hydrogen (secondary N) is 3. The molecular formula is C22H33ClN4O4. The molecule has 1 saturated carbocycles. The first kappa shape index (κ1) is 24.9. The fourth-order valence-corrected chi connectivity index (χ4v) is 4.00. The smallest absolute Gasteiger partial charge is 0.319 e. The van der Waals surface area contributed by atoms with Crippen LogP contribution in [0.15, 0.2) is 24.3 Å². The number of anilines is 1. The van der Waals surface area contributed by atoms with Crippen LogP contribution < -0.4 is 16.1 Å². The van der Waals surface area contributed by atoms with E-state index in [1.807, 2.05) is 20.8 Å². The Hall–Kier alpha value is -2.32. The van der Waals surface area contributed by atoms with E-state index >= 15 is 0 Å². The van der Waals surface area contributed by atoms with Gasteiger partial charge in [0.05, 0.1) is 0 Å². The third-order valence-corrected chi connectivity index (χ3v) is 5.76. The summed E-state index contributed by atoms with van der Waals surface area (Å²) in [7, 11) is 0. The Bertz CT molecular complexity index is 775. The highest BCUT2D eigenvalue weighted by molar-refractivity contribution is 6.30. The molecule has 4 N–H and O–H groups in total. The van der Waals surface area contributed by atoms with Crippen LogP contribution in [0, 0.1) is 11.3 Å². The monoisotopic (exact) mass is 452 g/mol. The van der Waals surface area contributed by atoms with Gasteiger partial charge in [0.1, 0.15) is 12.6 Å². The SMILES string of the molecule is CC(C)(C)C(NC(=O)Nc1cccc(Cl)c1)C(=O)N(CCC1CCCC1)CC(=O)NO. The molecule has 1 aromatic rings. The number of carbonyl (C=O) groups excluding carboxylic acids is 3. The highest BCUT2D eigenvalue weighted by Crippen LogP contribution is 2.28. The number of benzene rings is 1. The zero-order valence-corrected chi connectivity index (χ0v) is 19.2. The van der Waals surface area contributed by atoms with Crippen molar-refractivity contribution in [2.45, 2.75) is 58.9 Å². The number of hydrogen-bond acceptors (Lipinski definition) is 4. The van der Waals surface area contributed by atoms with Gasteiger partial charge in [0.15, 0.2) is 0 Å². The average molecular weight is 453 g/mol. The number of rotatable bonds is 8. The van der Waals surface area contributed by atoms with Gasteiger partial charge in [-0.1, -0.05) is 64.1 Å². The topological polar surface area (TPSA) is 111 Å². The van der Waals surface area contributed by atoms with E-state index in [9.17, 15) is 14.4 Å². The van der Waals surface area contributed by atoms with Gasteiger partial charge >= 0.3 is 6.03 Å². The van der Waals surface area contributed by atoms with Gasteiger partial charge < -0.3 is 15.5 Å². The Morgan fingerprint density at radius 1 is 1.23 bits per heavy atom. The molecule has 4 amide bonds. The molecule has 2 rings (SSSR count). The average Bonchev–Trinajstić information content (AvgIpc) is 3.21. The molecule has 9 heteroatoms. The van der Waals surface area contributed by atoms with Crippen molar-refractivity contribution >= 4 is 35.1 Å². The van der Waals surface area contributed by atoms with Gasteiger partial charge in [-0.05, 0) is 36.0 Å². The second-order valence-corrected chi connectivity index (χ2v) is 9.58. The van der Waals surface area contributed by atoms with Crippen molar-refractivity contribution in [3.8, 4) is 0 Å². The van der Waals surface area contributed by atoms with Gasteiger partial charge in [0.2, 0.25) is 5.91 Å². The molecule has 1 atom stereocenters. The van der Waals surface area contributed by atoms with E-state index in [0.717, 1.165) is 19.3 Å². The maximum absolute atomic E-state index is 13.4. The maximum atomic E-state index is 13.4. The Kier molecular flexibility index (Phi) is 9.13. The standard InChI is InChI=1S/C22H33ClN4O4/c1-22(2,3)19(25-21(30)24-17-10-6-9-16(23)13-17)20(29)27(14-18(28)26-31)12-11-15-7-4-5-8-15/h6,9-10,13,15,19,31H,4-5,7-8,11-12,14H2,1-3H3,(H,26,28)(H2,24,25,30). The quantitative estimate of drug-likeness (QED) is 0.355. The van der Waals surface area contributed by atoms with Crippen LogP contribution in [-0.2, 0) is 9.59 Å². The molecule has 0 aliphatic heterocycles. The summed E-state index contributed by atoms with van der Waals surface area (Å²) in [6.07, 6.45) is 5.40. The number of urea groups is 1. The van der Waals surface area contributed by atoms with Gasteiger partial charge in [-0.25, -0.2) is 10.3 Å². The van der Waals surface area contributed by atoms with E-state index in [0.29, 0.717) is 23.2 Å². The number of hydrogen-bond donors (Lipinski definition) is 4. The third-order valence-electron chi connectivity index (χ3n) is 5.52. The number of amides is 4. The summed E-state index contributed by atoms with van der Waals surface area (Å²) in [6.45, 7) is 5.65. The molecule has 0 radical (unpaired) electrons. The number of carbonyl (C=O) groups is 3. The van der Waals surface area contributed by atoms with Gasteiger partial charge in [-0.15, -0.1) is 0 Å². The lowest BCUT2D eigenvalue weighted by atomic mass is 9.85. The number of nitrogens with zero attached hydrogens (tertiary/aromatic N) is 1. The summed E-state index contributed by atoms with van der Waals surface area (Å²) < 4.78 is 0. The molecule has 0 bridgehead atoms. The minimum Gasteiger partial charge on any atom is -0.331 e. The fourth-order valence-electron chi connectivity index (χ4n) is 3.81. The van der Waals surface area contributed by atoms with Crippen LogP contribution in [0.3, 0.4) is 0 Å². The Morgan fingerprint density at radius 2 is 1.90 bits per heavy atom.